The minimum Gasteiger partial charge on any atom is -0.329 e. The normalized spacial score (nSPS) is 22.8. The summed E-state index contributed by atoms with van der Waals surface area (Å²) in [5.74, 6) is 0. The number of nitrogens with zero attached hydrogens (tertiary/aromatic N) is 1. The largest absolute Gasteiger partial charge is 0.329 e. The zero-order valence-electron chi connectivity index (χ0n) is 10.3. The van der Waals surface area contributed by atoms with Crippen LogP contribution in [-0.4, -0.2) is 23.5 Å². The summed E-state index contributed by atoms with van der Waals surface area (Å²) in [6.45, 7) is 6.38. The Morgan fingerprint density at radius 3 is 2.69 bits per heavy atom. The first-order chi connectivity index (χ1) is 7.76. The fourth-order valence-corrected chi connectivity index (χ4v) is 2.58. The Balaban J connectivity index is 2.23. The van der Waals surface area contributed by atoms with Crippen LogP contribution in [0.25, 0.3) is 0 Å². The molecule has 0 amide bonds. The van der Waals surface area contributed by atoms with Crippen molar-refractivity contribution in [3.05, 3.63) is 35.4 Å². The van der Waals surface area contributed by atoms with Crippen LogP contribution in [0.1, 0.15) is 31.4 Å². The van der Waals surface area contributed by atoms with E-state index in [9.17, 15) is 0 Å². The highest BCUT2D eigenvalue weighted by molar-refractivity contribution is 5.30. The van der Waals surface area contributed by atoms with Gasteiger partial charge in [0.25, 0.3) is 0 Å². The number of hydrogen-bond acceptors (Lipinski definition) is 2. The molecule has 1 aromatic carbocycles. The van der Waals surface area contributed by atoms with Crippen LogP contribution in [0.3, 0.4) is 0 Å². The highest BCUT2D eigenvalue weighted by Gasteiger charge is 2.27. The van der Waals surface area contributed by atoms with Gasteiger partial charge in [-0.3, -0.25) is 4.90 Å². The molecular weight excluding hydrogens is 196 g/mol. The van der Waals surface area contributed by atoms with Crippen molar-refractivity contribution in [1.29, 1.82) is 0 Å². The van der Waals surface area contributed by atoms with E-state index in [-0.39, 0.29) is 0 Å². The maximum Gasteiger partial charge on any atom is 0.0265 e. The van der Waals surface area contributed by atoms with Gasteiger partial charge >= 0.3 is 0 Å². The van der Waals surface area contributed by atoms with Crippen LogP contribution < -0.4 is 5.73 Å². The maximum absolute atomic E-state index is 5.90. The van der Waals surface area contributed by atoms with E-state index in [0.717, 1.165) is 19.5 Å². The van der Waals surface area contributed by atoms with Crippen molar-refractivity contribution >= 4 is 0 Å². The fourth-order valence-electron chi connectivity index (χ4n) is 2.58. The molecule has 2 nitrogen and oxygen atoms in total. The SMILES string of the molecule is CCC(C)N1Cc2ccccc2CC1CN. The Morgan fingerprint density at radius 2 is 2.06 bits per heavy atom. The number of benzene rings is 1. The molecule has 2 atom stereocenters. The Bertz CT molecular complexity index is 348. The standard InChI is InChI=1S/C14H22N2/c1-3-11(2)16-10-13-7-5-4-6-12(13)8-14(16)9-15/h4-7,11,14H,3,8-10,15H2,1-2H3. The average molecular weight is 218 g/mol. The lowest BCUT2D eigenvalue weighted by atomic mass is 9.92. The minimum absolute atomic E-state index is 0.518. The van der Waals surface area contributed by atoms with E-state index in [1.165, 1.54) is 17.5 Å². The van der Waals surface area contributed by atoms with Gasteiger partial charge in [0.2, 0.25) is 0 Å². The average Bonchev–Trinajstić information content (AvgIpc) is 2.36. The van der Waals surface area contributed by atoms with Crippen molar-refractivity contribution in [2.24, 2.45) is 5.73 Å². The van der Waals surface area contributed by atoms with Gasteiger partial charge in [0, 0.05) is 25.2 Å². The van der Waals surface area contributed by atoms with Crippen LogP contribution >= 0.6 is 0 Å². The highest BCUT2D eigenvalue weighted by atomic mass is 15.2. The number of hydrogen-bond donors (Lipinski definition) is 1. The van der Waals surface area contributed by atoms with Crippen molar-refractivity contribution in [1.82, 2.24) is 4.90 Å². The van der Waals surface area contributed by atoms with Gasteiger partial charge in [-0.1, -0.05) is 31.2 Å². The summed E-state index contributed by atoms with van der Waals surface area (Å²) in [5, 5.41) is 0. The van der Waals surface area contributed by atoms with Crippen molar-refractivity contribution in [2.45, 2.75) is 45.3 Å². The third-order valence-electron chi connectivity index (χ3n) is 3.82. The van der Waals surface area contributed by atoms with Crippen LogP contribution in [0.15, 0.2) is 24.3 Å². The highest BCUT2D eigenvalue weighted by Crippen LogP contribution is 2.25. The van der Waals surface area contributed by atoms with Crippen LogP contribution in [-0.2, 0) is 13.0 Å². The monoisotopic (exact) mass is 218 g/mol. The molecule has 1 heterocycles. The minimum atomic E-state index is 0.518. The molecule has 0 saturated carbocycles. The molecule has 0 radical (unpaired) electrons. The predicted octanol–water partition coefficient (Wildman–Crippen LogP) is 2.17. The van der Waals surface area contributed by atoms with E-state index >= 15 is 0 Å². The summed E-state index contributed by atoms with van der Waals surface area (Å²) >= 11 is 0. The molecule has 0 aromatic heterocycles. The van der Waals surface area contributed by atoms with E-state index in [0.29, 0.717) is 12.1 Å². The molecule has 0 spiro atoms. The zero-order valence-corrected chi connectivity index (χ0v) is 10.3. The van der Waals surface area contributed by atoms with Gasteiger partial charge < -0.3 is 5.73 Å². The molecule has 0 bridgehead atoms. The molecular formula is C14H22N2. The topological polar surface area (TPSA) is 29.3 Å². The van der Waals surface area contributed by atoms with E-state index in [1.54, 1.807) is 0 Å². The van der Waals surface area contributed by atoms with Gasteiger partial charge in [-0.05, 0) is 30.9 Å². The van der Waals surface area contributed by atoms with Gasteiger partial charge in [0.15, 0.2) is 0 Å². The quantitative estimate of drug-likeness (QED) is 0.842. The van der Waals surface area contributed by atoms with Crippen LogP contribution in [0, 0.1) is 0 Å². The molecule has 2 heteroatoms. The number of fused-ring (bicyclic) bond motifs is 1. The Kier molecular flexibility index (Phi) is 3.62. The fraction of sp³-hybridized carbons (Fsp3) is 0.571. The first-order valence-electron chi connectivity index (χ1n) is 6.28. The first kappa shape index (κ1) is 11.6. The van der Waals surface area contributed by atoms with E-state index < -0.39 is 0 Å². The lowest BCUT2D eigenvalue weighted by Crippen LogP contribution is -2.48. The van der Waals surface area contributed by atoms with Crippen LogP contribution in [0.5, 0.6) is 0 Å². The number of rotatable bonds is 3. The molecule has 2 N–H and O–H groups in total. The summed E-state index contributed by atoms with van der Waals surface area (Å²) in [6.07, 6.45) is 2.30. The van der Waals surface area contributed by atoms with E-state index in [2.05, 4.69) is 43.0 Å². The van der Waals surface area contributed by atoms with Gasteiger partial charge in [0.05, 0.1) is 0 Å². The van der Waals surface area contributed by atoms with Crippen molar-refractivity contribution in [3.63, 3.8) is 0 Å². The maximum atomic E-state index is 5.90. The molecule has 0 saturated heterocycles. The molecule has 1 aliphatic rings. The van der Waals surface area contributed by atoms with E-state index in [4.69, 9.17) is 5.73 Å². The van der Waals surface area contributed by atoms with Gasteiger partial charge in [0.1, 0.15) is 0 Å². The summed E-state index contributed by atoms with van der Waals surface area (Å²) in [7, 11) is 0. The Hall–Kier alpha value is -0.860. The predicted molar refractivity (Wildman–Crippen MR) is 68.3 cm³/mol. The lowest BCUT2D eigenvalue weighted by Gasteiger charge is -2.40. The summed E-state index contributed by atoms with van der Waals surface area (Å²) < 4.78 is 0. The summed E-state index contributed by atoms with van der Waals surface area (Å²) in [6, 6.07) is 9.90. The molecule has 1 aliphatic heterocycles. The Labute approximate surface area is 98.4 Å². The molecule has 88 valence electrons. The lowest BCUT2D eigenvalue weighted by molar-refractivity contribution is 0.122. The second-order valence-corrected chi connectivity index (χ2v) is 4.79. The molecule has 16 heavy (non-hydrogen) atoms. The third-order valence-corrected chi connectivity index (χ3v) is 3.82. The number of nitrogens with two attached hydrogens (primary N) is 1. The molecule has 2 unspecified atom stereocenters. The van der Waals surface area contributed by atoms with Gasteiger partial charge in [-0.2, -0.15) is 0 Å². The van der Waals surface area contributed by atoms with Crippen LogP contribution in [0.2, 0.25) is 0 Å². The molecule has 2 rings (SSSR count). The van der Waals surface area contributed by atoms with Gasteiger partial charge in [-0.15, -0.1) is 0 Å². The zero-order chi connectivity index (χ0) is 11.5. The van der Waals surface area contributed by atoms with Crippen molar-refractivity contribution in [2.75, 3.05) is 6.54 Å². The van der Waals surface area contributed by atoms with Crippen molar-refractivity contribution in [3.8, 4) is 0 Å². The second-order valence-electron chi connectivity index (χ2n) is 4.79. The summed E-state index contributed by atoms with van der Waals surface area (Å²) in [4.78, 5) is 2.56. The molecule has 1 aromatic rings. The first-order valence-corrected chi connectivity index (χ1v) is 6.28. The molecule has 0 fully saturated rings. The third kappa shape index (κ3) is 2.13. The van der Waals surface area contributed by atoms with Gasteiger partial charge in [-0.25, -0.2) is 0 Å². The Morgan fingerprint density at radius 1 is 1.38 bits per heavy atom. The molecule has 0 aliphatic carbocycles. The van der Waals surface area contributed by atoms with Crippen molar-refractivity contribution < 1.29 is 0 Å². The summed E-state index contributed by atoms with van der Waals surface area (Å²) in [5.41, 5.74) is 8.86. The van der Waals surface area contributed by atoms with Crippen LogP contribution in [0.4, 0.5) is 0 Å². The van der Waals surface area contributed by atoms with E-state index in [1.807, 2.05) is 0 Å². The second kappa shape index (κ2) is 4.98. The smallest absolute Gasteiger partial charge is 0.0265 e.